The SMILES string of the molecule is C=C[C@@]1(COCc2ccccc2)CC[C@@H](c2cccc(F)c2)N1C(=O)CNC(=O)c1ccc(Cc2cc(C)n[nH]c2=O)c(C)c1. The van der Waals surface area contributed by atoms with Crippen LogP contribution < -0.4 is 10.9 Å². The molecule has 45 heavy (non-hydrogen) atoms. The monoisotopic (exact) mass is 608 g/mol. The number of ether oxygens (including phenoxy) is 1. The lowest BCUT2D eigenvalue weighted by atomic mass is 9.97. The molecular formula is C36H37FN4O4. The molecule has 0 bridgehead atoms. The van der Waals surface area contributed by atoms with Gasteiger partial charge in [0.1, 0.15) is 5.82 Å². The first-order valence-corrected chi connectivity index (χ1v) is 14.9. The molecule has 232 valence electrons. The van der Waals surface area contributed by atoms with Gasteiger partial charge in [-0.05, 0) is 79.3 Å². The molecule has 0 spiro atoms. The Hall–Kier alpha value is -4.89. The van der Waals surface area contributed by atoms with Crippen molar-refractivity contribution in [2.75, 3.05) is 13.2 Å². The topological polar surface area (TPSA) is 104 Å². The summed E-state index contributed by atoms with van der Waals surface area (Å²) in [6.45, 7) is 8.05. The second-order valence-corrected chi connectivity index (χ2v) is 11.5. The molecule has 1 aliphatic heterocycles. The number of aryl methyl sites for hydroxylation is 2. The van der Waals surface area contributed by atoms with Gasteiger partial charge in [0.15, 0.2) is 0 Å². The number of halogens is 1. The van der Waals surface area contributed by atoms with Crippen LogP contribution in [0, 0.1) is 19.7 Å². The van der Waals surface area contributed by atoms with Crippen LogP contribution in [0.2, 0.25) is 0 Å². The summed E-state index contributed by atoms with van der Waals surface area (Å²) in [5.74, 6) is -1.10. The summed E-state index contributed by atoms with van der Waals surface area (Å²) in [6, 6.07) is 22.6. The fraction of sp³-hybridized carbons (Fsp3) is 0.278. The van der Waals surface area contributed by atoms with Gasteiger partial charge in [0.25, 0.3) is 11.5 Å². The number of likely N-dealkylation sites (tertiary alicyclic amines) is 1. The van der Waals surface area contributed by atoms with Crippen LogP contribution in [0.5, 0.6) is 0 Å². The Bertz CT molecular complexity index is 1760. The average molecular weight is 609 g/mol. The number of H-pyrrole nitrogens is 1. The van der Waals surface area contributed by atoms with Gasteiger partial charge >= 0.3 is 0 Å². The summed E-state index contributed by atoms with van der Waals surface area (Å²) in [6.07, 6.45) is 3.29. The zero-order valence-electron chi connectivity index (χ0n) is 25.5. The van der Waals surface area contributed by atoms with Crippen LogP contribution in [0.3, 0.4) is 0 Å². The highest BCUT2D eigenvalue weighted by molar-refractivity contribution is 5.97. The zero-order chi connectivity index (χ0) is 32.0. The number of benzene rings is 3. The van der Waals surface area contributed by atoms with E-state index in [1.165, 1.54) is 12.1 Å². The Kier molecular flexibility index (Phi) is 9.68. The average Bonchev–Trinajstić information content (AvgIpc) is 3.42. The molecule has 1 fully saturated rings. The fourth-order valence-corrected chi connectivity index (χ4v) is 6.00. The summed E-state index contributed by atoms with van der Waals surface area (Å²) in [5.41, 5.74) is 4.04. The fourth-order valence-electron chi connectivity index (χ4n) is 6.00. The summed E-state index contributed by atoms with van der Waals surface area (Å²) >= 11 is 0. The lowest BCUT2D eigenvalue weighted by molar-refractivity contribution is -0.137. The quantitative estimate of drug-likeness (QED) is 0.224. The van der Waals surface area contributed by atoms with Crippen molar-refractivity contribution in [1.29, 1.82) is 0 Å². The van der Waals surface area contributed by atoms with E-state index in [4.69, 9.17) is 4.74 Å². The van der Waals surface area contributed by atoms with E-state index < -0.39 is 17.5 Å². The molecule has 1 aromatic heterocycles. The smallest absolute Gasteiger partial charge is 0.267 e. The molecule has 0 unspecified atom stereocenters. The largest absolute Gasteiger partial charge is 0.374 e. The van der Waals surface area contributed by atoms with E-state index in [0.29, 0.717) is 48.3 Å². The van der Waals surface area contributed by atoms with Crippen LogP contribution in [-0.2, 0) is 22.6 Å². The Morgan fingerprint density at radius 1 is 1.09 bits per heavy atom. The number of aromatic amines is 1. The number of nitrogens with one attached hydrogen (secondary N) is 2. The van der Waals surface area contributed by atoms with Crippen molar-refractivity contribution < 1.29 is 18.7 Å². The van der Waals surface area contributed by atoms with E-state index in [0.717, 1.165) is 16.7 Å². The van der Waals surface area contributed by atoms with Crippen molar-refractivity contribution in [3.8, 4) is 0 Å². The van der Waals surface area contributed by atoms with Gasteiger partial charge in [-0.1, -0.05) is 54.6 Å². The molecule has 4 aromatic rings. The molecule has 3 aromatic carbocycles. The molecule has 9 heteroatoms. The predicted octanol–water partition coefficient (Wildman–Crippen LogP) is 5.35. The molecule has 0 radical (unpaired) electrons. The van der Waals surface area contributed by atoms with Gasteiger partial charge in [0.2, 0.25) is 5.91 Å². The van der Waals surface area contributed by atoms with E-state index in [9.17, 15) is 18.8 Å². The molecule has 0 saturated carbocycles. The van der Waals surface area contributed by atoms with Crippen molar-refractivity contribution >= 4 is 11.8 Å². The highest BCUT2D eigenvalue weighted by atomic mass is 19.1. The molecular weight excluding hydrogens is 571 g/mol. The first-order chi connectivity index (χ1) is 21.7. The normalized spacial score (nSPS) is 17.7. The van der Waals surface area contributed by atoms with Gasteiger partial charge in [0, 0.05) is 17.5 Å². The molecule has 8 nitrogen and oxygen atoms in total. The van der Waals surface area contributed by atoms with Crippen LogP contribution in [0.15, 0.2) is 96.3 Å². The number of hydrogen-bond donors (Lipinski definition) is 2. The van der Waals surface area contributed by atoms with E-state index >= 15 is 0 Å². The Labute approximate surface area is 261 Å². The van der Waals surface area contributed by atoms with Crippen molar-refractivity contribution in [3.05, 3.63) is 147 Å². The van der Waals surface area contributed by atoms with Crippen LogP contribution in [0.25, 0.3) is 0 Å². The van der Waals surface area contributed by atoms with Gasteiger partial charge in [-0.15, -0.1) is 6.58 Å². The molecule has 2 heterocycles. The lowest BCUT2D eigenvalue weighted by Crippen LogP contribution is -2.52. The second-order valence-electron chi connectivity index (χ2n) is 11.5. The highest BCUT2D eigenvalue weighted by Gasteiger charge is 2.47. The second kappa shape index (κ2) is 13.8. The van der Waals surface area contributed by atoms with E-state index in [2.05, 4.69) is 22.1 Å². The van der Waals surface area contributed by atoms with Gasteiger partial charge in [0.05, 0.1) is 37.0 Å². The maximum Gasteiger partial charge on any atom is 0.267 e. The molecule has 2 amide bonds. The number of carbonyl (C=O) groups excluding carboxylic acids is 2. The summed E-state index contributed by atoms with van der Waals surface area (Å²) < 4.78 is 20.4. The molecule has 1 aliphatic rings. The van der Waals surface area contributed by atoms with Crippen molar-refractivity contribution in [1.82, 2.24) is 20.4 Å². The molecule has 2 atom stereocenters. The van der Waals surface area contributed by atoms with Crippen molar-refractivity contribution in [3.63, 3.8) is 0 Å². The zero-order valence-corrected chi connectivity index (χ0v) is 25.5. The summed E-state index contributed by atoms with van der Waals surface area (Å²) in [7, 11) is 0. The van der Waals surface area contributed by atoms with Crippen molar-refractivity contribution in [2.24, 2.45) is 0 Å². The third-order valence-electron chi connectivity index (χ3n) is 8.38. The number of rotatable bonds is 11. The van der Waals surface area contributed by atoms with Crippen LogP contribution in [0.1, 0.15) is 62.8 Å². The highest BCUT2D eigenvalue weighted by Crippen LogP contribution is 2.44. The first-order valence-electron chi connectivity index (χ1n) is 14.9. The van der Waals surface area contributed by atoms with Gasteiger partial charge in [-0.25, -0.2) is 9.49 Å². The maximum absolute atomic E-state index is 14.3. The van der Waals surface area contributed by atoms with Gasteiger partial charge < -0.3 is 15.0 Å². The number of carbonyl (C=O) groups is 2. The van der Waals surface area contributed by atoms with E-state index in [-0.39, 0.29) is 30.4 Å². The maximum atomic E-state index is 14.3. The lowest BCUT2D eigenvalue weighted by Gasteiger charge is -2.39. The molecule has 1 saturated heterocycles. The minimum Gasteiger partial charge on any atom is -0.374 e. The molecule has 0 aliphatic carbocycles. The minimum atomic E-state index is -0.838. The van der Waals surface area contributed by atoms with E-state index in [1.54, 1.807) is 42.2 Å². The number of amides is 2. The predicted molar refractivity (Wildman–Crippen MR) is 170 cm³/mol. The Balaban J connectivity index is 1.31. The van der Waals surface area contributed by atoms with Gasteiger partial charge in [-0.3, -0.25) is 14.4 Å². The Morgan fingerprint density at radius 2 is 1.89 bits per heavy atom. The van der Waals surface area contributed by atoms with Crippen LogP contribution in [0.4, 0.5) is 4.39 Å². The van der Waals surface area contributed by atoms with Crippen LogP contribution >= 0.6 is 0 Å². The summed E-state index contributed by atoms with van der Waals surface area (Å²) in [4.78, 5) is 41.0. The van der Waals surface area contributed by atoms with Crippen molar-refractivity contribution in [2.45, 2.75) is 51.3 Å². The first kappa shape index (κ1) is 31.5. The number of nitrogens with zero attached hydrogens (tertiary/aromatic N) is 2. The molecule has 5 rings (SSSR count). The van der Waals surface area contributed by atoms with Crippen LogP contribution in [-0.4, -0.2) is 45.6 Å². The minimum absolute atomic E-state index is 0.206. The third-order valence-corrected chi connectivity index (χ3v) is 8.38. The standard InChI is InChI=1S/C36H37FN4O4/c1-4-36(23-45-22-26-9-6-5-7-10-26)16-15-32(28-11-8-12-31(37)20-28)41(36)33(42)21-38-34(43)29-14-13-27(24(2)17-29)19-30-18-25(3)39-40-35(30)44/h4-14,17-18,20,32H,1,15-16,19,21-23H2,2-3H3,(H,38,43)(H,40,44)/t32-,36-/m0/s1. The third kappa shape index (κ3) is 7.26. The summed E-state index contributed by atoms with van der Waals surface area (Å²) in [5, 5.41) is 9.19. The van der Waals surface area contributed by atoms with E-state index in [1.807, 2.05) is 49.4 Å². The number of hydrogen-bond acceptors (Lipinski definition) is 5. The Morgan fingerprint density at radius 3 is 2.62 bits per heavy atom. The van der Waals surface area contributed by atoms with Gasteiger partial charge in [-0.2, -0.15) is 5.10 Å². The number of aromatic nitrogens is 2. The molecule has 2 N–H and O–H groups in total.